The maximum atomic E-state index is 12.1. The summed E-state index contributed by atoms with van der Waals surface area (Å²) in [6.07, 6.45) is -0.0312. The molecule has 2 heterocycles. The van der Waals surface area contributed by atoms with E-state index in [1.165, 1.54) is 16.3 Å². The molecule has 0 bridgehead atoms. The summed E-state index contributed by atoms with van der Waals surface area (Å²) < 4.78 is 5.52. The van der Waals surface area contributed by atoms with E-state index in [0.717, 1.165) is 17.9 Å². The Bertz CT molecular complexity index is 470. The van der Waals surface area contributed by atoms with Crippen LogP contribution in [0.4, 0.5) is 5.00 Å². The van der Waals surface area contributed by atoms with Gasteiger partial charge in [-0.25, -0.2) is 0 Å². The molecule has 1 N–H and O–H groups in total. The van der Waals surface area contributed by atoms with Crippen LogP contribution in [0.1, 0.15) is 10.4 Å². The standard InChI is InChI=1S/C11H15N3O4S/c1-13(6-9-5-12-2-3-18-9)11(15)8-4-10(14(16)17)19-7-8/h4,7,9,12H,2-3,5-6H2,1H3. The van der Waals surface area contributed by atoms with Crippen LogP contribution in [0.15, 0.2) is 11.4 Å². The molecule has 8 heteroatoms. The highest BCUT2D eigenvalue weighted by molar-refractivity contribution is 7.13. The molecule has 104 valence electrons. The molecule has 1 saturated heterocycles. The second-order valence-corrected chi connectivity index (χ2v) is 5.20. The number of carbonyl (C=O) groups is 1. The number of likely N-dealkylation sites (N-methyl/N-ethyl adjacent to an activating group) is 1. The van der Waals surface area contributed by atoms with Gasteiger partial charge >= 0.3 is 5.00 Å². The molecule has 1 aromatic heterocycles. The van der Waals surface area contributed by atoms with E-state index in [-0.39, 0.29) is 17.0 Å². The lowest BCUT2D eigenvalue weighted by Gasteiger charge is -2.27. The normalized spacial score (nSPS) is 19.1. The second-order valence-electron chi connectivity index (χ2n) is 4.31. The number of nitrogens with one attached hydrogen (secondary N) is 1. The molecular formula is C11H15N3O4S. The third-order valence-electron chi connectivity index (χ3n) is 2.84. The number of ether oxygens (including phenoxy) is 1. The molecule has 1 fully saturated rings. The van der Waals surface area contributed by atoms with E-state index in [1.54, 1.807) is 7.05 Å². The Balaban J connectivity index is 1.95. The fraction of sp³-hybridized carbons (Fsp3) is 0.545. The molecule has 0 aromatic carbocycles. The molecule has 0 aliphatic carbocycles. The summed E-state index contributed by atoms with van der Waals surface area (Å²) in [7, 11) is 1.67. The summed E-state index contributed by atoms with van der Waals surface area (Å²) in [6, 6.07) is 1.31. The van der Waals surface area contributed by atoms with Gasteiger partial charge in [0, 0.05) is 38.1 Å². The molecule has 0 radical (unpaired) electrons. The monoisotopic (exact) mass is 285 g/mol. The average molecular weight is 285 g/mol. The highest BCUT2D eigenvalue weighted by Crippen LogP contribution is 2.23. The minimum atomic E-state index is -0.490. The van der Waals surface area contributed by atoms with E-state index in [2.05, 4.69) is 5.32 Å². The zero-order chi connectivity index (χ0) is 13.8. The van der Waals surface area contributed by atoms with Crippen molar-refractivity contribution in [2.45, 2.75) is 6.10 Å². The first-order valence-electron chi connectivity index (χ1n) is 5.88. The summed E-state index contributed by atoms with van der Waals surface area (Å²) in [5, 5.41) is 15.3. The van der Waals surface area contributed by atoms with Gasteiger partial charge in [0.2, 0.25) is 0 Å². The van der Waals surface area contributed by atoms with Crippen LogP contribution >= 0.6 is 11.3 Å². The Hall–Kier alpha value is -1.51. The highest BCUT2D eigenvalue weighted by atomic mass is 32.1. The summed E-state index contributed by atoms with van der Waals surface area (Å²) in [5.74, 6) is -0.224. The van der Waals surface area contributed by atoms with Crippen LogP contribution < -0.4 is 5.32 Å². The second kappa shape index (κ2) is 6.09. The van der Waals surface area contributed by atoms with Gasteiger partial charge in [-0.15, -0.1) is 0 Å². The molecule has 19 heavy (non-hydrogen) atoms. The molecule has 1 aliphatic heterocycles. The lowest BCUT2D eigenvalue weighted by Crippen LogP contribution is -2.45. The lowest BCUT2D eigenvalue weighted by atomic mass is 10.2. The van der Waals surface area contributed by atoms with Crippen molar-refractivity contribution in [3.8, 4) is 0 Å². The molecule has 1 amide bonds. The summed E-state index contributed by atoms with van der Waals surface area (Å²) >= 11 is 0.959. The van der Waals surface area contributed by atoms with Gasteiger partial charge in [0.15, 0.2) is 0 Å². The van der Waals surface area contributed by atoms with Crippen LogP contribution in [-0.4, -0.2) is 55.1 Å². The molecule has 1 aliphatic rings. The molecule has 0 spiro atoms. The summed E-state index contributed by atoms with van der Waals surface area (Å²) in [5.41, 5.74) is 0.350. The smallest absolute Gasteiger partial charge is 0.324 e. The Morgan fingerprint density at radius 2 is 2.53 bits per heavy atom. The first-order valence-corrected chi connectivity index (χ1v) is 6.76. The topological polar surface area (TPSA) is 84.7 Å². The SMILES string of the molecule is CN(CC1CNCCO1)C(=O)c1csc([N+](=O)[O-])c1. The molecule has 1 unspecified atom stereocenters. The maximum absolute atomic E-state index is 12.1. The predicted octanol–water partition coefficient (Wildman–Crippen LogP) is 0.717. The molecule has 1 aromatic rings. The Morgan fingerprint density at radius 3 is 3.11 bits per heavy atom. The van der Waals surface area contributed by atoms with Crippen LogP contribution in [0.25, 0.3) is 0 Å². The Kier molecular flexibility index (Phi) is 4.46. The number of morpholine rings is 1. The van der Waals surface area contributed by atoms with Crippen LogP contribution in [-0.2, 0) is 4.74 Å². The number of nitrogens with zero attached hydrogens (tertiary/aromatic N) is 2. The Labute approximate surface area is 114 Å². The number of hydrogen-bond acceptors (Lipinski definition) is 6. The minimum Gasteiger partial charge on any atom is -0.374 e. The number of nitro groups is 1. The van der Waals surface area contributed by atoms with Gasteiger partial charge in [0.1, 0.15) is 0 Å². The molecule has 2 rings (SSSR count). The molecule has 1 atom stereocenters. The van der Waals surface area contributed by atoms with Crippen molar-refractivity contribution in [1.29, 1.82) is 0 Å². The number of amides is 1. The number of hydrogen-bond donors (Lipinski definition) is 1. The average Bonchev–Trinajstić information content (AvgIpc) is 2.88. The summed E-state index contributed by atoms with van der Waals surface area (Å²) in [4.78, 5) is 23.7. The van der Waals surface area contributed by atoms with Gasteiger partial charge in [0.05, 0.1) is 23.2 Å². The third kappa shape index (κ3) is 3.49. The summed E-state index contributed by atoms with van der Waals surface area (Å²) in [6.45, 7) is 2.64. The first-order chi connectivity index (χ1) is 9.08. The lowest BCUT2D eigenvalue weighted by molar-refractivity contribution is -0.380. The number of rotatable bonds is 4. The quantitative estimate of drug-likeness (QED) is 0.651. The molecule has 7 nitrogen and oxygen atoms in total. The van der Waals surface area contributed by atoms with Crippen molar-refractivity contribution in [2.75, 3.05) is 33.3 Å². The van der Waals surface area contributed by atoms with Crippen molar-refractivity contribution < 1.29 is 14.5 Å². The van der Waals surface area contributed by atoms with Gasteiger partial charge in [0.25, 0.3) is 5.91 Å². The van der Waals surface area contributed by atoms with Crippen LogP contribution in [0, 0.1) is 10.1 Å². The van der Waals surface area contributed by atoms with Gasteiger partial charge in [-0.3, -0.25) is 14.9 Å². The van der Waals surface area contributed by atoms with Crippen molar-refractivity contribution in [3.63, 3.8) is 0 Å². The van der Waals surface area contributed by atoms with E-state index >= 15 is 0 Å². The third-order valence-corrected chi connectivity index (χ3v) is 3.72. The van der Waals surface area contributed by atoms with Crippen molar-refractivity contribution in [2.24, 2.45) is 0 Å². The van der Waals surface area contributed by atoms with E-state index in [1.807, 2.05) is 0 Å². The maximum Gasteiger partial charge on any atom is 0.324 e. The first kappa shape index (κ1) is 13.9. The van der Waals surface area contributed by atoms with Gasteiger partial charge in [-0.05, 0) is 0 Å². The highest BCUT2D eigenvalue weighted by Gasteiger charge is 2.22. The molecular weight excluding hydrogens is 270 g/mol. The molecule has 0 saturated carbocycles. The fourth-order valence-electron chi connectivity index (χ4n) is 1.88. The van der Waals surface area contributed by atoms with E-state index in [0.29, 0.717) is 25.3 Å². The van der Waals surface area contributed by atoms with Crippen molar-refractivity contribution in [1.82, 2.24) is 10.2 Å². The Morgan fingerprint density at radius 1 is 1.74 bits per heavy atom. The van der Waals surface area contributed by atoms with Crippen LogP contribution in [0.5, 0.6) is 0 Å². The van der Waals surface area contributed by atoms with Gasteiger partial charge < -0.3 is 15.0 Å². The van der Waals surface area contributed by atoms with Crippen LogP contribution in [0.3, 0.4) is 0 Å². The van der Waals surface area contributed by atoms with Gasteiger partial charge in [-0.1, -0.05) is 11.3 Å². The van der Waals surface area contributed by atoms with Gasteiger partial charge in [-0.2, -0.15) is 0 Å². The van der Waals surface area contributed by atoms with E-state index in [4.69, 9.17) is 4.74 Å². The van der Waals surface area contributed by atoms with E-state index in [9.17, 15) is 14.9 Å². The van der Waals surface area contributed by atoms with Crippen molar-refractivity contribution in [3.05, 3.63) is 27.1 Å². The predicted molar refractivity (Wildman–Crippen MR) is 70.5 cm³/mol. The number of carbonyl (C=O) groups excluding carboxylic acids is 1. The fourth-order valence-corrected chi connectivity index (χ4v) is 2.58. The number of thiophene rings is 1. The largest absolute Gasteiger partial charge is 0.374 e. The zero-order valence-corrected chi connectivity index (χ0v) is 11.3. The van der Waals surface area contributed by atoms with Crippen molar-refractivity contribution >= 4 is 22.2 Å². The minimum absolute atomic E-state index is 0.0210. The van der Waals surface area contributed by atoms with E-state index < -0.39 is 4.92 Å². The van der Waals surface area contributed by atoms with Crippen LogP contribution in [0.2, 0.25) is 0 Å². The zero-order valence-electron chi connectivity index (χ0n) is 10.5.